The van der Waals surface area contributed by atoms with Gasteiger partial charge in [0.25, 0.3) is 0 Å². The molecule has 1 N–H and O–H groups in total. The van der Waals surface area contributed by atoms with Crippen molar-refractivity contribution < 1.29 is 22.0 Å². The molecule has 0 bridgehead atoms. The lowest BCUT2D eigenvalue weighted by Gasteiger charge is -2.26. The molecule has 3 rings (SSSR count). The van der Waals surface area contributed by atoms with Crippen LogP contribution in [0.3, 0.4) is 0 Å². The summed E-state index contributed by atoms with van der Waals surface area (Å²) in [6, 6.07) is 7.07. The predicted molar refractivity (Wildman–Crippen MR) is 96.2 cm³/mol. The zero-order valence-corrected chi connectivity index (χ0v) is 15.4. The molecule has 9 heteroatoms. The van der Waals surface area contributed by atoms with E-state index in [9.17, 15) is 17.6 Å². The molecular formula is C17H18ClFN2O4S. The lowest BCUT2D eigenvalue weighted by Crippen LogP contribution is -2.41. The lowest BCUT2D eigenvalue weighted by atomic mass is 10.2. The predicted octanol–water partition coefficient (Wildman–Crippen LogP) is 2.70. The van der Waals surface area contributed by atoms with Crippen molar-refractivity contribution in [3.63, 3.8) is 0 Å². The van der Waals surface area contributed by atoms with E-state index in [4.69, 9.17) is 16.0 Å². The molecule has 1 fully saturated rings. The Morgan fingerprint density at radius 2 is 2.19 bits per heavy atom. The van der Waals surface area contributed by atoms with Gasteiger partial charge in [0.15, 0.2) is 9.84 Å². The van der Waals surface area contributed by atoms with Crippen molar-refractivity contribution in [2.45, 2.75) is 19.0 Å². The van der Waals surface area contributed by atoms with E-state index in [1.165, 1.54) is 24.5 Å². The van der Waals surface area contributed by atoms with Crippen molar-refractivity contribution in [1.82, 2.24) is 4.90 Å². The van der Waals surface area contributed by atoms with Gasteiger partial charge >= 0.3 is 0 Å². The fourth-order valence-electron chi connectivity index (χ4n) is 2.95. The van der Waals surface area contributed by atoms with Crippen molar-refractivity contribution in [2.75, 3.05) is 23.4 Å². The first kappa shape index (κ1) is 18.9. The number of halogens is 2. The van der Waals surface area contributed by atoms with E-state index in [1.807, 2.05) is 0 Å². The highest BCUT2D eigenvalue weighted by Crippen LogP contribution is 2.22. The third kappa shape index (κ3) is 4.84. The Kier molecular flexibility index (Phi) is 5.64. The summed E-state index contributed by atoms with van der Waals surface area (Å²) in [6.07, 6.45) is 1.96. The molecule has 1 amide bonds. The molecule has 1 aliphatic rings. The second-order valence-electron chi connectivity index (χ2n) is 6.21. The number of benzene rings is 1. The topological polar surface area (TPSA) is 79.6 Å². The molecular weight excluding hydrogens is 383 g/mol. The summed E-state index contributed by atoms with van der Waals surface area (Å²) in [6.45, 7) is 0.200. The van der Waals surface area contributed by atoms with Crippen LogP contribution in [0.1, 0.15) is 12.2 Å². The first-order valence-electron chi connectivity index (χ1n) is 8.04. The van der Waals surface area contributed by atoms with E-state index >= 15 is 0 Å². The van der Waals surface area contributed by atoms with E-state index in [2.05, 4.69) is 5.32 Å². The van der Waals surface area contributed by atoms with Crippen LogP contribution in [0.4, 0.5) is 10.1 Å². The van der Waals surface area contributed by atoms with Gasteiger partial charge in [0, 0.05) is 11.1 Å². The van der Waals surface area contributed by atoms with Gasteiger partial charge in [0.05, 0.1) is 36.5 Å². The van der Waals surface area contributed by atoms with Crippen LogP contribution in [0.2, 0.25) is 5.02 Å². The molecule has 6 nitrogen and oxygen atoms in total. The van der Waals surface area contributed by atoms with Crippen molar-refractivity contribution in [2.24, 2.45) is 0 Å². The summed E-state index contributed by atoms with van der Waals surface area (Å²) in [7, 11) is -3.11. The zero-order chi connectivity index (χ0) is 18.7. The Hall–Kier alpha value is -1.90. The third-order valence-corrected chi connectivity index (χ3v) is 6.20. The Bertz CT molecular complexity index is 886. The largest absolute Gasteiger partial charge is 0.468 e. The maximum Gasteiger partial charge on any atom is 0.238 e. The number of furan rings is 1. The quantitative estimate of drug-likeness (QED) is 0.806. The van der Waals surface area contributed by atoms with Gasteiger partial charge in [-0.1, -0.05) is 11.6 Å². The van der Waals surface area contributed by atoms with E-state index < -0.39 is 21.6 Å². The third-order valence-electron chi connectivity index (χ3n) is 4.21. The second-order valence-corrected chi connectivity index (χ2v) is 8.88. The molecule has 1 aliphatic heterocycles. The van der Waals surface area contributed by atoms with E-state index in [0.717, 1.165) is 0 Å². The van der Waals surface area contributed by atoms with Crippen LogP contribution in [-0.4, -0.2) is 43.3 Å². The molecule has 1 aromatic heterocycles. The number of hydrogen-bond donors (Lipinski definition) is 1. The van der Waals surface area contributed by atoms with E-state index in [-0.39, 0.29) is 29.8 Å². The fourth-order valence-corrected chi connectivity index (χ4v) is 4.88. The molecule has 2 aromatic rings. The van der Waals surface area contributed by atoms with Crippen molar-refractivity contribution in [1.29, 1.82) is 0 Å². The van der Waals surface area contributed by atoms with Crippen LogP contribution in [-0.2, 0) is 21.2 Å². The monoisotopic (exact) mass is 400 g/mol. The SMILES string of the molecule is O=C(CN(Cc1ccco1)C1CCS(=O)(=O)C1)Nc1cc(Cl)ccc1F. The Balaban J connectivity index is 1.72. The number of sulfone groups is 1. The van der Waals surface area contributed by atoms with Gasteiger partial charge in [0.2, 0.25) is 5.91 Å². The molecule has 1 saturated heterocycles. The average Bonchev–Trinajstić information content (AvgIpc) is 3.19. The molecule has 1 unspecified atom stereocenters. The van der Waals surface area contributed by atoms with Crippen molar-refractivity contribution in [3.8, 4) is 0 Å². The Labute approximate surface area is 155 Å². The first-order chi connectivity index (χ1) is 12.3. The summed E-state index contributed by atoms with van der Waals surface area (Å²) in [5.74, 6) is -0.342. The number of hydrogen-bond acceptors (Lipinski definition) is 5. The molecule has 0 aliphatic carbocycles. The molecule has 26 heavy (non-hydrogen) atoms. The van der Waals surface area contributed by atoms with E-state index in [1.54, 1.807) is 17.0 Å². The van der Waals surface area contributed by atoms with Crippen LogP contribution >= 0.6 is 11.6 Å². The molecule has 0 radical (unpaired) electrons. The first-order valence-corrected chi connectivity index (χ1v) is 10.2. The van der Waals surface area contributed by atoms with E-state index in [0.29, 0.717) is 23.7 Å². The van der Waals surface area contributed by atoms with Gasteiger partial charge in [-0.3, -0.25) is 9.69 Å². The zero-order valence-electron chi connectivity index (χ0n) is 13.8. The molecule has 0 spiro atoms. The number of nitrogens with zero attached hydrogens (tertiary/aromatic N) is 1. The van der Waals surface area contributed by atoms with Crippen LogP contribution in [0.15, 0.2) is 41.0 Å². The number of rotatable bonds is 6. The summed E-state index contributed by atoms with van der Waals surface area (Å²) < 4.78 is 42.7. The van der Waals surface area contributed by atoms with Crippen LogP contribution in [0.5, 0.6) is 0 Å². The normalized spacial score (nSPS) is 19.0. The average molecular weight is 401 g/mol. The second kappa shape index (κ2) is 7.77. The van der Waals surface area contributed by atoms with Crippen LogP contribution < -0.4 is 5.32 Å². The van der Waals surface area contributed by atoms with Crippen molar-refractivity contribution in [3.05, 3.63) is 53.2 Å². The molecule has 2 heterocycles. The van der Waals surface area contributed by atoms with Crippen LogP contribution in [0.25, 0.3) is 0 Å². The summed E-state index contributed by atoms with van der Waals surface area (Å²) in [5, 5.41) is 2.79. The highest BCUT2D eigenvalue weighted by atomic mass is 35.5. The fraction of sp³-hybridized carbons (Fsp3) is 0.353. The van der Waals surface area contributed by atoms with Gasteiger partial charge in [0.1, 0.15) is 11.6 Å². The Morgan fingerprint density at radius 3 is 2.85 bits per heavy atom. The highest BCUT2D eigenvalue weighted by molar-refractivity contribution is 7.91. The summed E-state index contributed by atoms with van der Waals surface area (Å²) >= 11 is 5.83. The molecule has 1 atom stereocenters. The van der Waals surface area contributed by atoms with Gasteiger partial charge in [-0.25, -0.2) is 12.8 Å². The number of carbonyl (C=O) groups is 1. The number of carbonyl (C=O) groups excluding carboxylic acids is 1. The minimum atomic E-state index is -3.11. The van der Waals surface area contributed by atoms with Crippen LogP contribution in [0, 0.1) is 5.82 Å². The molecule has 1 aromatic carbocycles. The summed E-state index contributed by atoms with van der Waals surface area (Å²) in [5.41, 5.74) is -0.0144. The van der Waals surface area contributed by atoms with Gasteiger partial charge in [-0.2, -0.15) is 0 Å². The smallest absolute Gasteiger partial charge is 0.238 e. The molecule has 140 valence electrons. The van der Waals surface area contributed by atoms with Gasteiger partial charge in [-0.15, -0.1) is 0 Å². The molecule has 0 saturated carbocycles. The number of nitrogens with one attached hydrogen (secondary N) is 1. The highest BCUT2D eigenvalue weighted by Gasteiger charge is 2.33. The standard InChI is InChI=1S/C17H18ClFN2O4S/c18-12-3-4-15(19)16(8-12)20-17(22)10-21(9-14-2-1-6-25-14)13-5-7-26(23,24)11-13/h1-4,6,8,13H,5,7,9-11H2,(H,20,22). The maximum absolute atomic E-state index is 13.8. The lowest BCUT2D eigenvalue weighted by molar-refractivity contribution is -0.118. The minimum absolute atomic E-state index is 0.00743. The minimum Gasteiger partial charge on any atom is -0.468 e. The number of anilines is 1. The maximum atomic E-state index is 13.8. The number of amides is 1. The Morgan fingerprint density at radius 1 is 1.38 bits per heavy atom. The van der Waals surface area contributed by atoms with Crippen molar-refractivity contribution >= 4 is 33.0 Å². The van der Waals surface area contributed by atoms with Gasteiger partial charge < -0.3 is 9.73 Å². The van der Waals surface area contributed by atoms with Gasteiger partial charge in [-0.05, 0) is 36.8 Å². The summed E-state index contributed by atoms with van der Waals surface area (Å²) in [4.78, 5) is 14.1.